The summed E-state index contributed by atoms with van der Waals surface area (Å²) in [6.07, 6.45) is -0.734. The number of carbonyl (C=O) groups is 1. The molecule has 0 aromatic heterocycles. The highest BCUT2D eigenvalue weighted by molar-refractivity contribution is 5.95. The van der Waals surface area contributed by atoms with E-state index in [0.29, 0.717) is 5.56 Å². The van der Waals surface area contributed by atoms with Crippen LogP contribution in [0.15, 0.2) is 42.5 Å². The molecule has 1 heterocycles. The maximum atomic E-state index is 12.4. The number of aliphatic hydroxyl groups excluding tert-OH is 1. The first-order valence-electron chi connectivity index (χ1n) is 9.01. The standard InChI is InChI=1S/C21H26N2O3/c1-15-3-4-16(2)19(13-15)21(25)22-14-20(24)17-5-7-18(8-6-17)23-9-11-26-12-10-23/h3-8,13,20,24H,9-12,14H2,1-2H3,(H,22,25). The predicted octanol–water partition coefficient (Wildman–Crippen LogP) is 2.60. The molecule has 0 saturated carbocycles. The molecule has 5 nitrogen and oxygen atoms in total. The van der Waals surface area contributed by atoms with Gasteiger partial charge in [0.05, 0.1) is 19.3 Å². The van der Waals surface area contributed by atoms with Crippen molar-refractivity contribution in [1.29, 1.82) is 0 Å². The summed E-state index contributed by atoms with van der Waals surface area (Å²) < 4.78 is 5.37. The number of anilines is 1. The molecule has 2 aromatic rings. The van der Waals surface area contributed by atoms with Gasteiger partial charge in [0.2, 0.25) is 0 Å². The third-order valence-corrected chi connectivity index (χ3v) is 4.75. The number of nitrogens with one attached hydrogen (secondary N) is 1. The van der Waals surface area contributed by atoms with Crippen molar-refractivity contribution in [3.05, 3.63) is 64.7 Å². The number of hydrogen-bond acceptors (Lipinski definition) is 4. The van der Waals surface area contributed by atoms with Crippen molar-refractivity contribution in [2.45, 2.75) is 20.0 Å². The van der Waals surface area contributed by atoms with E-state index >= 15 is 0 Å². The first kappa shape index (κ1) is 18.4. The third-order valence-electron chi connectivity index (χ3n) is 4.75. The van der Waals surface area contributed by atoms with Gasteiger partial charge in [-0.3, -0.25) is 4.79 Å². The van der Waals surface area contributed by atoms with Gasteiger partial charge in [-0.2, -0.15) is 0 Å². The molecule has 1 fully saturated rings. The lowest BCUT2D eigenvalue weighted by atomic mass is 10.0. The molecule has 1 atom stereocenters. The van der Waals surface area contributed by atoms with E-state index in [2.05, 4.69) is 10.2 Å². The van der Waals surface area contributed by atoms with Crippen LogP contribution >= 0.6 is 0 Å². The fourth-order valence-corrected chi connectivity index (χ4v) is 3.11. The first-order chi connectivity index (χ1) is 12.5. The molecule has 26 heavy (non-hydrogen) atoms. The molecule has 2 N–H and O–H groups in total. The van der Waals surface area contributed by atoms with Crippen LogP contribution in [0.4, 0.5) is 5.69 Å². The van der Waals surface area contributed by atoms with Crippen molar-refractivity contribution >= 4 is 11.6 Å². The fraction of sp³-hybridized carbons (Fsp3) is 0.381. The van der Waals surface area contributed by atoms with Crippen molar-refractivity contribution in [2.24, 2.45) is 0 Å². The smallest absolute Gasteiger partial charge is 0.251 e. The van der Waals surface area contributed by atoms with Crippen LogP contribution in [0.5, 0.6) is 0 Å². The second-order valence-corrected chi connectivity index (χ2v) is 6.74. The number of rotatable bonds is 5. The Morgan fingerprint density at radius 2 is 1.85 bits per heavy atom. The van der Waals surface area contributed by atoms with Crippen LogP contribution in [0.2, 0.25) is 0 Å². The zero-order chi connectivity index (χ0) is 18.5. The molecule has 138 valence electrons. The van der Waals surface area contributed by atoms with Crippen molar-refractivity contribution in [1.82, 2.24) is 5.32 Å². The normalized spacial score (nSPS) is 15.6. The molecule has 5 heteroatoms. The quantitative estimate of drug-likeness (QED) is 0.866. The van der Waals surface area contributed by atoms with E-state index in [1.807, 2.05) is 56.3 Å². The average Bonchev–Trinajstić information content (AvgIpc) is 2.68. The number of hydrogen-bond donors (Lipinski definition) is 2. The Kier molecular flexibility index (Phi) is 5.91. The summed E-state index contributed by atoms with van der Waals surface area (Å²) in [4.78, 5) is 14.6. The van der Waals surface area contributed by atoms with Crippen LogP contribution in [-0.4, -0.2) is 43.9 Å². The van der Waals surface area contributed by atoms with Crippen LogP contribution in [-0.2, 0) is 4.74 Å². The highest BCUT2D eigenvalue weighted by Gasteiger charge is 2.14. The third kappa shape index (κ3) is 4.42. The van der Waals surface area contributed by atoms with Gasteiger partial charge in [0.15, 0.2) is 0 Å². The monoisotopic (exact) mass is 354 g/mol. The summed E-state index contributed by atoms with van der Waals surface area (Å²) >= 11 is 0. The summed E-state index contributed by atoms with van der Waals surface area (Å²) in [5.74, 6) is -0.157. The second-order valence-electron chi connectivity index (χ2n) is 6.74. The number of ether oxygens (including phenoxy) is 1. The van der Waals surface area contributed by atoms with Crippen molar-refractivity contribution in [3.63, 3.8) is 0 Å². The molecule has 3 rings (SSSR count). The van der Waals surface area contributed by atoms with Gasteiger partial charge in [0, 0.05) is 30.9 Å². The van der Waals surface area contributed by atoms with Crippen LogP contribution < -0.4 is 10.2 Å². The topological polar surface area (TPSA) is 61.8 Å². The van der Waals surface area contributed by atoms with Crippen molar-refractivity contribution < 1.29 is 14.6 Å². The number of amides is 1. The van der Waals surface area contributed by atoms with Crippen LogP contribution in [0, 0.1) is 13.8 Å². The van der Waals surface area contributed by atoms with E-state index in [0.717, 1.165) is 48.7 Å². The molecule has 1 aliphatic heterocycles. The summed E-state index contributed by atoms with van der Waals surface area (Å²) in [5, 5.41) is 13.2. The molecular weight excluding hydrogens is 328 g/mol. The number of benzene rings is 2. The molecule has 1 saturated heterocycles. The lowest BCUT2D eigenvalue weighted by molar-refractivity contribution is 0.0915. The molecule has 0 radical (unpaired) electrons. The Labute approximate surface area is 154 Å². The molecule has 0 bridgehead atoms. The maximum absolute atomic E-state index is 12.4. The van der Waals surface area contributed by atoms with Gasteiger partial charge in [0.25, 0.3) is 5.91 Å². The minimum Gasteiger partial charge on any atom is -0.387 e. The number of morpholine rings is 1. The Hall–Kier alpha value is -2.37. The zero-order valence-corrected chi connectivity index (χ0v) is 15.4. The zero-order valence-electron chi connectivity index (χ0n) is 15.4. The van der Waals surface area contributed by atoms with E-state index in [1.165, 1.54) is 0 Å². The molecule has 1 amide bonds. The highest BCUT2D eigenvalue weighted by atomic mass is 16.5. The summed E-state index contributed by atoms with van der Waals surface area (Å²) in [6.45, 7) is 7.31. The van der Waals surface area contributed by atoms with E-state index in [4.69, 9.17) is 4.74 Å². The van der Waals surface area contributed by atoms with Gasteiger partial charge in [-0.25, -0.2) is 0 Å². The molecular formula is C21H26N2O3. The average molecular weight is 354 g/mol. The van der Waals surface area contributed by atoms with Crippen LogP contribution in [0.3, 0.4) is 0 Å². The summed E-state index contributed by atoms with van der Waals surface area (Å²) in [6, 6.07) is 13.6. The number of nitrogens with zero attached hydrogens (tertiary/aromatic N) is 1. The van der Waals surface area contributed by atoms with Gasteiger partial charge < -0.3 is 20.1 Å². The van der Waals surface area contributed by atoms with Gasteiger partial charge >= 0.3 is 0 Å². The lowest BCUT2D eigenvalue weighted by Gasteiger charge is -2.29. The molecule has 0 spiro atoms. The summed E-state index contributed by atoms with van der Waals surface area (Å²) in [7, 11) is 0. The molecule has 1 aliphatic rings. The Morgan fingerprint density at radius 3 is 2.54 bits per heavy atom. The van der Waals surface area contributed by atoms with Crippen molar-refractivity contribution in [2.75, 3.05) is 37.7 Å². The molecule has 0 aliphatic carbocycles. The van der Waals surface area contributed by atoms with Gasteiger partial charge in [0.1, 0.15) is 0 Å². The lowest BCUT2D eigenvalue weighted by Crippen LogP contribution is -2.36. The highest BCUT2D eigenvalue weighted by Crippen LogP contribution is 2.20. The van der Waals surface area contributed by atoms with E-state index < -0.39 is 6.10 Å². The Balaban J connectivity index is 1.58. The minimum absolute atomic E-state index is 0.157. The van der Waals surface area contributed by atoms with Crippen molar-refractivity contribution in [3.8, 4) is 0 Å². The Bertz CT molecular complexity index is 752. The van der Waals surface area contributed by atoms with Gasteiger partial charge in [-0.15, -0.1) is 0 Å². The van der Waals surface area contributed by atoms with E-state index in [-0.39, 0.29) is 12.5 Å². The largest absolute Gasteiger partial charge is 0.387 e. The SMILES string of the molecule is Cc1ccc(C)c(C(=O)NCC(O)c2ccc(N3CCOCC3)cc2)c1. The minimum atomic E-state index is -0.734. The fourth-order valence-electron chi connectivity index (χ4n) is 3.11. The first-order valence-corrected chi connectivity index (χ1v) is 9.01. The van der Waals surface area contributed by atoms with E-state index in [1.54, 1.807) is 0 Å². The Morgan fingerprint density at radius 1 is 1.15 bits per heavy atom. The number of aryl methyl sites for hydroxylation is 2. The number of aliphatic hydroxyl groups is 1. The van der Waals surface area contributed by atoms with Gasteiger partial charge in [-0.1, -0.05) is 29.8 Å². The molecule has 2 aromatic carbocycles. The predicted molar refractivity (Wildman–Crippen MR) is 103 cm³/mol. The van der Waals surface area contributed by atoms with Crippen LogP contribution in [0.25, 0.3) is 0 Å². The summed E-state index contributed by atoms with van der Waals surface area (Å²) in [5.41, 5.74) is 4.55. The second kappa shape index (κ2) is 8.34. The maximum Gasteiger partial charge on any atom is 0.251 e. The molecule has 1 unspecified atom stereocenters. The number of carbonyl (C=O) groups excluding carboxylic acids is 1. The van der Waals surface area contributed by atoms with Gasteiger partial charge in [-0.05, 0) is 43.2 Å². The van der Waals surface area contributed by atoms with E-state index in [9.17, 15) is 9.90 Å². The van der Waals surface area contributed by atoms with Crippen LogP contribution in [0.1, 0.15) is 33.2 Å².